The zero-order valence-corrected chi connectivity index (χ0v) is 18.9. The second kappa shape index (κ2) is 9.34. The number of imide groups is 1. The number of rotatable bonds is 11. The molecule has 1 aliphatic heterocycles. The van der Waals surface area contributed by atoms with E-state index in [2.05, 4.69) is 10.0 Å². The molecule has 1 saturated heterocycles. The van der Waals surface area contributed by atoms with E-state index in [9.17, 15) is 18.0 Å². The normalized spacial score (nSPS) is 20.8. The molecule has 2 N–H and O–H groups in total. The Kier molecular flexibility index (Phi) is 6.74. The maximum atomic E-state index is 12.6. The van der Waals surface area contributed by atoms with Crippen LogP contribution in [-0.2, 0) is 21.2 Å². The van der Waals surface area contributed by atoms with Crippen LogP contribution in [0.1, 0.15) is 55.7 Å². The summed E-state index contributed by atoms with van der Waals surface area (Å²) < 4.78 is 34.0. The van der Waals surface area contributed by atoms with Gasteiger partial charge in [0, 0.05) is 18.2 Å². The summed E-state index contributed by atoms with van der Waals surface area (Å²) >= 11 is 6.34. The third kappa shape index (κ3) is 5.70. The van der Waals surface area contributed by atoms with Gasteiger partial charge in [0.2, 0.25) is 15.9 Å². The van der Waals surface area contributed by atoms with Crippen molar-refractivity contribution in [3.63, 3.8) is 0 Å². The zero-order valence-electron chi connectivity index (χ0n) is 17.4. The molecule has 0 bridgehead atoms. The predicted molar refractivity (Wildman–Crippen MR) is 117 cm³/mol. The van der Waals surface area contributed by atoms with Gasteiger partial charge in [0.05, 0.1) is 17.4 Å². The number of halogens is 1. The summed E-state index contributed by atoms with van der Waals surface area (Å²) in [6.45, 7) is 1.20. The lowest BCUT2D eigenvalue weighted by Gasteiger charge is -2.17. The second-order valence-corrected chi connectivity index (χ2v) is 10.8. The Labute approximate surface area is 187 Å². The summed E-state index contributed by atoms with van der Waals surface area (Å²) in [5.41, 5.74) is 1.96. The van der Waals surface area contributed by atoms with E-state index < -0.39 is 10.0 Å². The fraction of sp³-hybridized carbons (Fsp3) is 0.619. The molecule has 1 aromatic carbocycles. The molecule has 0 radical (unpaired) electrons. The number of carbonyl (C=O) groups is 2. The van der Waals surface area contributed by atoms with Crippen molar-refractivity contribution in [2.45, 2.75) is 51.0 Å². The standard InChI is InChI=1S/C21H28ClN3O5S/c22-17-8-6-15-16(20(17)30-13-14-4-5-14)7-9-18(15)24-31(28,29)11-3-1-2-10-25-12-19(26)23-21(25)27/h6,8,14,18,24H,1-5,7,9-13H2,(H,23,26,27)/t18-/m0/s1. The maximum absolute atomic E-state index is 12.6. The topological polar surface area (TPSA) is 105 Å². The monoisotopic (exact) mass is 469 g/mol. The lowest BCUT2D eigenvalue weighted by Crippen LogP contribution is -2.30. The molecule has 1 heterocycles. The minimum Gasteiger partial charge on any atom is -0.491 e. The van der Waals surface area contributed by atoms with Crippen LogP contribution in [0.3, 0.4) is 0 Å². The number of urea groups is 1. The SMILES string of the molecule is O=C1CN(CCCCCS(=O)(=O)N[C@H]2CCc3c2ccc(Cl)c3OCC2CC2)C(=O)N1. The van der Waals surface area contributed by atoms with E-state index in [4.69, 9.17) is 16.3 Å². The van der Waals surface area contributed by atoms with Crippen LogP contribution in [-0.4, -0.2) is 50.7 Å². The van der Waals surface area contributed by atoms with Gasteiger partial charge in [0.25, 0.3) is 0 Å². The van der Waals surface area contributed by atoms with Crippen molar-refractivity contribution >= 4 is 33.6 Å². The van der Waals surface area contributed by atoms with Gasteiger partial charge in [-0.1, -0.05) is 24.1 Å². The summed E-state index contributed by atoms with van der Waals surface area (Å²) in [6, 6.07) is 3.04. The Bertz CT molecular complexity index is 964. The fourth-order valence-electron chi connectivity index (χ4n) is 4.12. The zero-order chi connectivity index (χ0) is 22.0. The molecule has 170 valence electrons. The van der Waals surface area contributed by atoms with E-state index in [1.165, 1.54) is 17.7 Å². The molecule has 31 heavy (non-hydrogen) atoms. The molecule has 3 amide bonds. The number of unbranched alkanes of at least 4 members (excludes halogenated alkanes) is 2. The highest BCUT2D eigenvalue weighted by Crippen LogP contribution is 2.42. The average molecular weight is 470 g/mol. The Hall–Kier alpha value is -1.84. The van der Waals surface area contributed by atoms with Crippen LogP contribution < -0.4 is 14.8 Å². The van der Waals surface area contributed by atoms with Crippen molar-refractivity contribution in [2.75, 3.05) is 25.4 Å². The highest BCUT2D eigenvalue weighted by atomic mass is 35.5. The first-order valence-corrected chi connectivity index (χ1v) is 12.9. The third-order valence-electron chi connectivity index (χ3n) is 6.00. The van der Waals surface area contributed by atoms with Gasteiger partial charge in [-0.05, 0) is 56.1 Å². The largest absolute Gasteiger partial charge is 0.491 e. The predicted octanol–water partition coefficient (Wildman–Crippen LogP) is 2.76. The van der Waals surface area contributed by atoms with E-state index in [1.54, 1.807) is 6.07 Å². The Morgan fingerprint density at radius 2 is 1.97 bits per heavy atom. The molecule has 0 unspecified atom stereocenters. The van der Waals surface area contributed by atoms with Crippen LogP contribution in [0.25, 0.3) is 0 Å². The third-order valence-corrected chi connectivity index (χ3v) is 7.77. The van der Waals surface area contributed by atoms with Crippen LogP contribution >= 0.6 is 11.6 Å². The molecule has 1 atom stereocenters. The van der Waals surface area contributed by atoms with Crippen molar-refractivity contribution in [2.24, 2.45) is 5.92 Å². The smallest absolute Gasteiger partial charge is 0.324 e. The average Bonchev–Trinajstić information content (AvgIpc) is 3.37. The molecule has 0 spiro atoms. The molecule has 10 heteroatoms. The second-order valence-electron chi connectivity index (χ2n) is 8.56. The number of carbonyl (C=O) groups excluding carboxylic acids is 2. The lowest BCUT2D eigenvalue weighted by molar-refractivity contribution is -0.118. The highest BCUT2D eigenvalue weighted by molar-refractivity contribution is 7.89. The van der Waals surface area contributed by atoms with Gasteiger partial charge >= 0.3 is 6.03 Å². The van der Waals surface area contributed by atoms with Crippen molar-refractivity contribution < 1.29 is 22.7 Å². The van der Waals surface area contributed by atoms with Crippen molar-refractivity contribution in [1.82, 2.24) is 14.9 Å². The molecule has 1 aromatic rings. The van der Waals surface area contributed by atoms with Gasteiger partial charge in [0.1, 0.15) is 12.3 Å². The van der Waals surface area contributed by atoms with Gasteiger partial charge in [0.15, 0.2) is 0 Å². The van der Waals surface area contributed by atoms with Crippen LogP contribution in [0.4, 0.5) is 4.79 Å². The number of ether oxygens (including phenoxy) is 1. The van der Waals surface area contributed by atoms with E-state index in [-0.39, 0.29) is 30.3 Å². The molecule has 2 aliphatic carbocycles. The number of amides is 3. The summed E-state index contributed by atoms with van der Waals surface area (Å²) in [5.74, 6) is 1.05. The quantitative estimate of drug-likeness (QED) is 0.383. The lowest BCUT2D eigenvalue weighted by atomic mass is 10.1. The highest BCUT2D eigenvalue weighted by Gasteiger charge is 2.31. The minimum atomic E-state index is -3.44. The van der Waals surface area contributed by atoms with E-state index in [1.807, 2.05) is 6.07 Å². The van der Waals surface area contributed by atoms with E-state index in [0.29, 0.717) is 55.5 Å². The van der Waals surface area contributed by atoms with Gasteiger partial charge in [-0.15, -0.1) is 0 Å². The number of fused-ring (bicyclic) bond motifs is 1. The van der Waals surface area contributed by atoms with Crippen LogP contribution in [0.2, 0.25) is 5.02 Å². The van der Waals surface area contributed by atoms with E-state index in [0.717, 1.165) is 17.5 Å². The Morgan fingerprint density at radius 3 is 2.68 bits per heavy atom. The first-order chi connectivity index (χ1) is 14.8. The first-order valence-electron chi connectivity index (χ1n) is 10.9. The summed E-state index contributed by atoms with van der Waals surface area (Å²) in [4.78, 5) is 24.1. The van der Waals surface area contributed by atoms with Gasteiger partial charge < -0.3 is 9.64 Å². The maximum Gasteiger partial charge on any atom is 0.324 e. The number of hydrogen-bond donors (Lipinski definition) is 2. The fourth-order valence-corrected chi connectivity index (χ4v) is 5.73. The number of sulfonamides is 1. The van der Waals surface area contributed by atoms with Crippen molar-refractivity contribution in [3.8, 4) is 5.75 Å². The summed E-state index contributed by atoms with van der Waals surface area (Å²) in [7, 11) is -3.44. The number of nitrogens with zero attached hydrogens (tertiary/aromatic N) is 1. The first kappa shape index (κ1) is 22.4. The number of benzene rings is 1. The molecule has 0 aromatic heterocycles. The Balaban J connectivity index is 1.26. The summed E-state index contributed by atoms with van der Waals surface area (Å²) in [5, 5.41) is 2.81. The molecule has 3 aliphatic rings. The van der Waals surface area contributed by atoms with Crippen molar-refractivity contribution in [3.05, 3.63) is 28.3 Å². The van der Waals surface area contributed by atoms with Gasteiger partial charge in [-0.3, -0.25) is 10.1 Å². The molecular weight excluding hydrogens is 442 g/mol. The Morgan fingerprint density at radius 1 is 1.16 bits per heavy atom. The van der Waals surface area contributed by atoms with Gasteiger partial charge in [-0.25, -0.2) is 17.9 Å². The summed E-state index contributed by atoms with van der Waals surface area (Å²) in [6.07, 6.45) is 5.62. The molecular formula is C21H28ClN3O5S. The molecule has 8 nitrogen and oxygen atoms in total. The molecule has 4 rings (SSSR count). The molecule has 2 fully saturated rings. The van der Waals surface area contributed by atoms with Crippen LogP contribution in [0.5, 0.6) is 5.75 Å². The molecule has 1 saturated carbocycles. The number of hydrogen-bond acceptors (Lipinski definition) is 5. The number of nitrogens with one attached hydrogen (secondary N) is 2. The van der Waals surface area contributed by atoms with Crippen LogP contribution in [0.15, 0.2) is 12.1 Å². The van der Waals surface area contributed by atoms with Crippen molar-refractivity contribution in [1.29, 1.82) is 0 Å². The minimum absolute atomic E-state index is 0.0303. The van der Waals surface area contributed by atoms with E-state index >= 15 is 0 Å². The van der Waals surface area contributed by atoms with Crippen LogP contribution in [0, 0.1) is 5.92 Å². The van der Waals surface area contributed by atoms with Gasteiger partial charge in [-0.2, -0.15) is 0 Å².